The second kappa shape index (κ2) is 5.42. The number of anilines is 1. The highest BCUT2D eigenvalue weighted by Gasteiger charge is 2.14. The maximum Gasteiger partial charge on any atom is 0.242 e. The number of imidazole rings is 1. The molecule has 94 valence electrons. The third-order valence-corrected chi connectivity index (χ3v) is 2.87. The first-order chi connectivity index (χ1) is 8.59. The number of carbonyl (C=O) groups excluding carboxylic acids is 1. The number of halogens is 2. The molecule has 0 aliphatic rings. The van der Waals surface area contributed by atoms with E-state index in [0.29, 0.717) is 16.4 Å². The van der Waals surface area contributed by atoms with Gasteiger partial charge in [0.2, 0.25) is 5.91 Å². The number of benzene rings is 1. The molecule has 1 aromatic heterocycles. The lowest BCUT2D eigenvalue weighted by Crippen LogP contribution is -2.21. The SMILES string of the molecule is CC(Cl)C(=O)Nc1cccc(Cl)c1-n1ccnc1. The van der Waals surface area contributed by atoms with Gasteiger partial charge in [-0.15, -0.1) is 11.6 Å². The molecule has 0 spiro atoms. The lowest BCUT2D eigenvalue weighted by molar-refractivity contribution is -0.115. The molecule has 0 radical (unpaired) electrons. The predicted molar refractivity (Wildman–Crippen MR) is 72.5 cm³/mol. The summed E-state index contributed by atoms with van der Waals surface area (Å²) in [7, 11) is 0. The summed E-state index contributed by atoms with van der Waals surface area (Å²) in [6.45, 7) is 1.61. The van der Waals surface area contributed by atoms with E-state index in [9.17, 15) is 4.79 Å². The van der Waals surface area contributed by atoms with Gasteiger partial charge in [0.1, 0.15) is 5.38 Å². The third kappa shape index (κ3) is 2.66. The number of amides is 1. The van der Waals surface area contributed by atoms with E-state index in [1.54, 1.807) is 48.4 Å². The van der Waals surface area contributed by atoms with E-state index >= 15 is 0 Å². The fourth-order valence-corrected chi connectivity index (χ4v) is 1.83. The Balaban J connectivity index is 2.42. The van der Waals surface area contributed by atoms with Crippen LogP contribution in [0.5, 0.6) is 0 Å². The van der Waals surface area contributed by atoms with Crippen LogP contribution in [0.1, 0.15) is 6.92 Å². The van der Waals surface area contributed by atoms with Crippen molar-refractivity contribution < 1.29 is 4.79 Å². The zero-order valence-electron chi connectivity index (χ0n) is 9.60. The highest BCUT2D eigenvalue weighted by Crippen LogP contribution is 2.28. The molecule has 18 heavy (non-hydrogen) atoms. The van der Waals surface area contributed by atoms with Crippen LogP contribution in [0.4, 0.5) is 5.69 Å². The van der Waals surface area contributed by atoms with Gasteiger partial charge in [0, 0.05) is 12.4 Å². The van der Waals surface area contributed by atoms with E-state index in [1.165, 1.54) is 0 Å². The van der Waals surface area contributed by atoms with Crippen LogP contribution in [0, 0.1) is 0 Å². The molecular weight excluding hydrogens is 273 g/mol. The van der Waals surface area contributed by atoms with Crippen LogP contribution in [-0.4, -0.2) is 20.8 Å². The Morgan fingerprint density at radius 3 is 2.89 bits per heavy atom. The average Bonchev–Trinajstić information content (AvgIpc) is 2.82. The van der Waals surface area contributed by atoms with E-state index in [0.717, 1.165) is 0 Å². The standard InChI is InChI=1S/C12H11Cl2N3O/c1-8(13)12(18)16-10-4-2-3-9(14)11(10)17-6-5-15-7-17/h2-8H,1H3,(H,16,18). The van der Waals surface area contributed by atoms with Crippen molar-refractivity contribution in [3.8, 4) is 5.69 Å². The molecule has 0 fully saturated rings. The highest BCUT2D eigenvalue weighted by molar-refractivity contribution is 6.34. The number of hydrogen-bond donors (Lipinski definition) is 1. The summed E-state index contributed by atoms with van der Waals surface area (Å²) in [5.41, 5.74) is 1.26. The molecule has 0 aliphatic carbocycles. The van der Waals surface area contributed by atoms with Crippen LogP contribution in [0.3, 0.4) is 0 Å². The normalized spacial score (nSPS) is 12.2. The van der Waals surface area contributed by atoms with Crippen molar-refractivity contribution in [1.82, 2.24) is 9.55 Å². The maximum atomic E-state index is 11.6. The van der Waals surface area contributed by atoms with Crippen LogP contribution in [0.2, 0.25) is 5.02 Å². The molecule has 1 aromatic carbocycles. The number of nitrogens with zero attached hydrogens (tertiary/aromatic N) is 2. The summed E-state index contributed by atoms with van der Waals surface area (Å²) in [6, 6.07) is 5.27. The van der Waals surface area contributed by atoms with Gasteiger partial charge in [0.25, 0.3) is 0 Å². The van der Waals surface area contributed by atoms with E-state index in [4.69, 9.17) is 23.2 Å². The van der Waals surface area contributed by atoms with Gasteiger partial charge in [-0.05, 0) is 19.1 Å². The minimum Gasteiger partial charge on any atom is -0.323 e. The third-order valence-electron chi connectivity index (χ3n) is 2.37. The zero-order valence-corrected chi connectivity index (χ0v) is 11.1. The number of aromatic nitrogens is 2. The molecule has 4 nitrogen and oxygen atoms in total. The molecule has 1 N–H and O–H groups in total. The van der Waals surface area contributed by atoms with Crippen LogP contribution < -0.4 is 5.32 Å². The van der Waals surface area contributed by atoms with Gasteiger partial charge in [0.05, 0.1) is 22.7 Å². The van der Waals surface area contributed by atoms with E-state index in [1.807, 2.05) is 0 Å². The summed E-state index contributed by atoms with van der Waals surface area (Å²) < 4.78 is 1.73. The van der Waals surface area contributed by atoms with Gasteiger partial charge in [0.15, 0.2) is 0 Å². The Morgan fingerprint density at radius 1 is 1.50 bits per heavy atom. The Kier molecular flexibility index (Phi) is 3.89. The van der Waals surface area contributed by atoms with Crippen molar-refractivity contribution in [3.05, 3.63) is 41.9 Å². The van der Waals surface area contributed by atoms with Crippen molar-refractivity contribution in [2.45, 2.75) is 12.3 Å². The molecule has 0 saturated carbocycles. The summed E-state index contributed by atoms with van der Waals surface area (Å²) in [4.78, 5) is 15.6. The molecule has 0 bridgehead atoms. The first-order valence-electron chi connectivity index (χ1n) is 5.31. The Morgan fingerprint density at radius 2 is 2.28 bits per heavy atom. The van der Waals surface area contributed by atoms with Crippen LogP contribution in [0.25, 0.3) is 5.69 Å². The molecule has 1 heterocycles. The molecule has 6 heteroatoms. The minimum atomic E-state index is -0.611. The van der Waals surface area contributed by atoms with Gasteiger partial charge < -0.3 is 9.88 Å². The quantitative estimate of drug-likeness (QED) is 0.880. The highest BCUT2D eigenvalue weighted by atomic mass is 35.5. The van der Waals surface area contributed by atoms with E-state index in [2.05, 4.69) is 10.3 Å². The molecular formula is C12H11Cl2N3O. The summed E-state index contributed by atoms with van der Waals surface area (Å²) >= 11 is 11.9. The molecule has 1 atom stereocenters. The number of carbonyl (C=O) groups is 1. The predicted octanol–water partition coefficient (Wildman–Crippen LogP) is 3.09. The first-order valence-corrected chi connectivity index (χ1v) is 6.13. The smallest absolute Gasteiger partial charge is 0.242 e. The fourth-order valence-electron chi connectivity index (χ4n) is 1.50. The Labute approximate surface area is 115 Å². The lowest BCUT2D eigenvalue weighted by atomic mass is 10.2. The van der Waals surface area contributed by atoms with Crippen molar-refractivity contribution in [3.63, 3.8) is 0 Å². The van der Waals surface area contributed by atoms with E-state index in [-0.39, 0.29) is 5.91 Å². The number of para-hydroxylation sites is 1. The molecule has 0 saturated heterocycles. The second-order valence-electron chi connectivity index (χ2n) is 3.71. The second-order valence-corrected chi connectivity index (χ2v) is 4.77. The van der Waals surface area contributed by atoms with Crippen LogP contribution >= 0.6 is 23.2 Å². The van der Waals surface area contributed by atoms with Crippen molar-refractivity contribution in [2.75, 3.05) is 5.32 Å². The van der Waals surface area contributed by atoms with Gasteiger partial charge in [-0.3, -0.25) is 4.79 Å². The minimum absolute atomic E-state index is 0.278. The summed E-state index contributed by atoms with van der Waals surface area (Å²) in [5.74, 6) is -0.278. The van der Waals surface area contributed by atoms with Crippen molar-refractivity contribution >= 4 is 34.8 Å². The molecule has 1 unspecified atom stereocenters. The van der Waals surface area contributed by atoms with Crippen LogP contribution in [-0.2, 0) is 4.79 Å². The van der Waals surface area contributed by atoms with Gasteiger partial charge >= 0.3 is 0 Å². The van der Waals surface area contributed by atoms with Gasteiger partial charge in [-0.1, -0.05) is 17.7 Å². The largest absolute Gasteiger partial charge is 0.323 e. The monoisotopic (exact) mass is 283 g/mol. The maximum absolute atomic E-state index is 11.6. The Bertz CT molecular complexity index is 552. The number of rotatable bonds is 3. The number of hydrogen-bond acceptors (Lipinski definition) is 2. The lowest BCUT2D eigenvalue weighted by Gasteiger charge is -2.13. The van der Waals surface area contributed by atoms with Crippen molar-refractivity contribution in [2.24, 2.45) is 0 Å². The number of nitrogens with one attached hydrogen (secondary N) is 1. The Hall–Kier alpha value is -1.52. The average molecular weight is 284 g/mol. The molecule has 2 rings (SSSR count). The molecule has 0 aliphatic heterocycles. The molecule has 2 aromatic rings. The fraction of sp³-hybridized carbons (Fsp3) is 0.167. The zero-order chi connectivity index (χ0) is 13.1. The van der Waals surface area contributed by atoms with Gasteiger partial charge in [-0.2, -0.15) is 0 Å². The summed E-state index contributed by atoms with van der Waals surface area (Å²) in [5, 5.41) is 2.64. The van der Waals surface area contributed by atoms with Crippen molar-refractivity contribution in [1.29, 1.82) is 0 Å². The number of alkyl halides is 1. The summed E-state index contributed by atoms with van der Waals surface area (Å²) in [6.07, 6.45) is 5.00. The first kappa shape index (κ1) is 12.9. The van der Waals surface area contributed by atoms with Gasteiger partial charge in [-0.25, -0.2) is 4.98 Å². The van der Waals surface area contributed by atoms with E-state index < -0.39 is 5.38 Å². The van der Waals surface area contributed by atoms with Crippen LogP contribution in [0.15, 0.2) is 36.9 Å². The topological polar surface area (TPSA) is 46.9 Å². The molecule has 1 amide bonds.